The van der Waals surface area contributed by atoms with Gasteiger partial charge in [-0.1, -0.05) is 30.8 Å². The third-order valence-corrected chi connectivity index (χ3v) is 7.69. The number of benzene rings is 1. The Balaban J connectivity index is 1.19. The van der Waals surface area contributed by atoms with Crippen LogP contribution in [-0.4, -0.2) is 21.9 Å². The van der Waals surface area contributed by atoms with E-state index in [4.69, 9.17) is 4.42 Å². The van der Waals surface area contributed by atoms with E-state index in [0.717, 1.165) is 35.8 Å². The lowest BCUT2D eigenvalue weighted by molar-refractivity contribution is -0.113. The molecule has 0 aliphatic heterocycles. The number of hydrogen-bond donors (Lipinski definition) is 1. The van der Waals surface area contributed by atoms with Crippen LogP contribution in [0.1, 0.15) is 56.9 Å². The van der Waals surface area contributed by atoms with E-state index in [2.05, 4.69) is 22.4 Å². The van der Waals surface area contributed by atoms with Gasteiger partial charge in [0.1, 0.15) is 0 Å². The molecule has 4 bridgehead atoms. The summed E-state index contributed by atoms with van der Waals surface area (Å²) in [5.74, 6) is 3.59. The highest BCUT2D eigenvalue weighted by Gasteiger charge is 2.54. The molecule has 1 amide bonds. The Labute approximate surface area is 170 Å². The number of hydrogen-bond acceptors (Lipinski definition) is 5. The summed E-state index contributed by atoms with van der Waals surface area (Å²) in [4.78, 5) is 12.2. The fraction of sp³-hybridized carbons (Fsp3) is 0.591. The number of aryl methyl sites for hydroxylation is 1. The average Bonchev–Trinajstić information content (AvgIpc) is 3.16. The number of rotatable bonds is 6. The summed E-state index contributed by atoms with van der Waals surface area (Å²) in [6.45, 7) is 2.12. The molecule has 4 aliphatic rings. The molecule has 4 fully saturated rings. The van der Waals surface area contributed by atoms with Crippen LogP contribution in [0.3, 0.4) is 0 Å². The van der Waals surface area contributed by atoms with Crippen LogP contribution in [-0.2, 0) is 16.6 Å². The smallest absolute Gasteiger partial charge is 0.277 e. The highest BCUT2D eigenvalue weighted by atomic mass is 32.2. The van der Waals surface area contributed by atoms with Crippen molar-refractivity contribution in [1.82, 2.24) is 10.2 Å². The molecule has 148 valence electrons. The van der Waals surface area contributed by atoms with Gasteiger partial charge >= 0.3 is 0 Å². The molecular formula is C22H27N3O2S. The molecule has 1 aromatic carbocycles. The van der Waals surface area contributed by atoms with Crippen LogP contribution in [0, 0.1) is 17.8 Å². The molecule has 0 spiro atoms. The first-order valence-corrected chi connectivity index (χ1v) is 11.5. The van der Waals surface area contributed by atoms with Crippen LogP contribution in [0.15, 0.2) is 33.9 Å². The quantitative estimate of drug-likeness (QED) is 0.707. The SMILES string of the molecule is CCc1ccc(NC(=O)CSc2nnc(C34CC5CC(CC(C5)C3)C4)o2)cc1. The zero-order chi connectivity index (χ0) is 19.1. The van der Waals surface area contributed by atoms with Crippen molar-refractivity contribution in [2.75, 3.05) is 11.1 Å². The number of nitrogens with one attached hydrogen (secondary N) is 1. The van der Waals surface area contributed by atoms with Crippen molar-refractivity contribution in [3.63, 3.8) is 0 Å². The van der Waals surface area contributed by atoms with Gasteiger partial charge in [-0.15, -0.1) is 10.2 Å². The van der Waals surface area contributed by atoms with Gasteiger partial charge in [-0.2, -0.15) is 0 Å². The lowest BCUT2D eigenvalue weighted by atomic mass is 9.49. The van der Waals surface area contributed by atoms with Gasteiger partial charge in [0.25, 0.3) is 5.22 Å². The van der Waals surface area contributed by atoms with Gasteiger partial charge in [-0.3, -0.25) is 4.79 Å². The molecule has 6 rings (SSSR count). The molecule has 2 aromatic rings. The number of carbonyl (C=O) groups excluding carboxylic acids is 1. The van der Waals surface area contributed by atoms with Gasteiger partial charge < -0.3 is 9.73 Å². The molecule has 4 saturated carbocycles. The van der Waals surface area contributed by atoms with E-state index in [1.54, 1.807) is 0 Å². The van der Waals surface area contributed by atoms with Crippen molar-refractivity contribution in [2.24, 2.45) is 17.8 Å². The largest absolute Gasteiger partial charge is 0.415 e. The lowest BCUT2D eigenvalue weighted by Crippen LogP contribution is -2.48. The van der Waals surface area contributed by atoms with Crippen LogP contribution >= 0.6 is 11.8 Å². The van der Waals surface area contributed by atoms with Crippen LogP contribution in [0.5, 0.6) is 0 Å². The van der Waals surface area contributed by atoms with Gasteiger partial charge in [0.2, 0.25) is 11.8 Å². The van der Waals surface area contributed by atoms with Crippen LogP contribution < -0.4 is 5.32 Å². The van der Waals surface area contributed by atoms with E-state index in [1.165, 1.54) is 55.9 Å². The molecule has 0 saturated heterocycles. The summed E-state index contributed by atoms with van der Waals surface area (Å²) in [6.07, 6.45) is 8.81. The Morgan fingerprint density at radius 2 is 1.75 bits per heavy atom. The molecule has 1 N–H and O–H groups in total. The summed E-state index contributed by atoms with van der Waals surface area (Å²) in [7, 11) is 0. The third-order valence-electron chi connectivity index (χ3n) is 6.87. The van der Waals surface area contributed by atoms with Crippen LogP contribution in [0.2, 0.25) is 0 Å². The number of aromatic nitrogens is 2. The zero-order valence-corrected chi connectivity index (χ0v) is 17.1. The van der Waals surface area contributed by atoms with Crippen molar-refractivity contribution in [1.29, 1.82) is 0 Å². The number of amides is 1. The second kappa shape index (κ2) is 7.21. The second-order valence-electron chi connectivity index (χ2n) is 8.96. The van der Waals surface area contributed by atoms with E-state index >= 15 is 0 Å². The van der Waals surface area contributed by atoms with E-state index < -0.39 is 0 Å². The molecule has 1 aromatic heterocycles. The molecule has 1 heterocycles. The predicted molar refractivity (Wildman–Crippen MR) is 109 cm³/mol. The third kappa shape index (κ3) is 3.47. The minimum absolute atomic E-state index is 0.0520. The first kappa shape index (κ1) is 18.2. The maximum Gasteiger partial charge on any atom is 0.277 e. The fourth-order valence-electron chi connectivity index (χ4n) is 6.00. The summed E-state index contributed by atoms with van der Waals surface area (Å²) < 4.78 is 6.06. The summed E-state index contributed by atoms with van der Waals surface area (Å²) >= 11 is 1.33. The first-order chi connectivity index (χ1) is 13.6. The van der Waals surface area contributed by atoms with Gasteiger partial charge in [0.05, 0.1) is 5.75 Å². The van der Waals surface area contributed by atoms with E-state index in [0.29, 0.717) is 5.22 Å². The summed E-state index contributed by atoms with van der Waals surface area (Å²) in [5, 5.41) is 12.1. The molecule has 0 atom stereocenters. The monoisotopic (exact) mass is 397 g/mol. The zero-order valence-electron chi connectivity index (χ0n) is 16.3. The minimum Gasteiger partial charge on any atom is -0.415 e. The van der Waals surface area contributed by atoms with E-state index in [-0.39, 0.29) is 17.1 Å². The molecule has 0 unspecified atom stereocenters. The summed E-state index contributed by atoms with van der Waals surface area (Å²) in [6, 6.07) is 7.97. The molecule has 5 nitrogen and oxygen atoms in total. The number of thioether (sulfide) groups is 1. The van der Waals surface area contributed by atoms with Crippen molar-refractivity contribution in [3.05, 3.63) is 35.7 Å². The number of carbonyl (C=O) groups is 1. The van der Waals surface area contributed by atoms with Gasteiger partial charge in [-0.05, 0) is 80.4 Å². The van der Waals surface area contributed by atoms with Crippen LogP contribution in [0.25, 0.3) is 0 Å². The van der Waals surface area contributed by atoms with Gasteiger partial charge in [-0.25, -0.2) is 0 Å². The number of anilines is 1. The van der Waals surface area contributed by atoms with Crippen molar-refractivity contribution < 1.29 is 9.21 Å². The van der Waals surface area contributed by atoms with E-state index in [1.807, 2.05) is 24.3 Å². The number of nitrogens with zero attached hydrogens (tertiary/aromatic N) is 2. The van der Waals surface area contributed by atoms with Crippen molar-refractivity contribution in [3.8, 4) is 0 Å². The van der Waals surface area contributed by atoms with Crippen molar-refractivity contribution in [2.45, 2.75) is 62.5 Å². The summed E-state index contributed by atoms with van der Waals surface area (Å²) in [5.41, 5.74) is 2.20. The Morgan fingerprint density at radius 1 is 1.11 bits per heavy atom. The maximum atomic E-state index is 12.2. The van der Waals surface area contributed by atoms with Crippen molar-refractivity contribution >= 4 is 23.4 Å². The Morgan fingerprint density at radius 3 is 2.36 bits per heavy atom. The molecule has 6 heteroatoms. The second-order valence-corrected chi connectivity index (χ2v) is 9.88. The molecule has 0 radical (unpaired) electrons. The Bertz CT molecular complexity index is 826. The standard InChI is InChI=1S/C22H27N3O2S/c1-2-14-3-5-18(6-4-14)23-19(26)13-28-21-25-24-20(27-21)22-10-15-7-16(11-22)9-17(8-15)12-22/h3-6,15-17H,2,7-13H2,1H3,(H,23,26). The minimum atomic E-state index is -0.0520. The molecular weight excluding hydrogens is 370 g/mol. The predicted octanol–water partition coefficient (Wildman–Crippen LogP) is 4.83. The fourth-order valence-corrected chi connectivity index (χ4v) is 6.57. The Hall–Kier alpha value is -1.82. The molecule has 28 heavy (non-hydrogen) atoms. The highest BCUT2D eigenvalue weighted by Crippen LogP contribution is 2.60. The normalized spacial score (nSPS) is 30.5. The van der Waals surface area contributed by atoms with Crippen LogP contribution in [0.4, 0.5) is 5.69 Å². The Kier molecular flexibility index (Phi) is 4.69. The van der Waals surface area contributed by atoms with E-state index in [9.17, 15) is 4.79 Å². The lowest BCUT2D eigenvalue weighted by Gasteiger charge is -2.55. The topological polar surface area (TPSA) is 68.0 Å². The van der Waals surface area contributed by atoms with Gasteiger partial charge in [0.15, 0.2) is 0 Å². The maximum absolute atomic E-state index is 12.2. The highest BCUT2D eigenvalue weighted by molar-refractivity contribution is 7.99. The molecule has 4 aliphatic carbocycles. The average molecular weight is 398 g/mol. The first-order valence-electron chi connectivity index (χ1n) is 10.5. The van der Waals surface area contributed by atoms with Gasteiger partial charge in [0, 0.05) is 11.1 Å².